The van der Waals surface area contributed by atoms with E-state index in [9.17, 15) is 9.59 Å². The molecule has 3 nitrogen and oxygen atoms in total. The lowest BCUT2D eigenvalue weighted by atomic mass is 9.93. The fourth-order valence-electron chi connectivity index (χ4n) is 2.34. The van der Waals surface area contributed by atoms with Gasteiger partial charge in [-0.2, -0.15) is 0 Å². The first-order chi connectivity index (χ1) is 7.72. The minimum atomic E-state index is -0.374. The summed E-state index contributed by atoms with van der Waals surface area (Å²) in [4.78, 5) is 22.7. The van der Waals surface area contributed by atoms with Gasteiger partial charge in [0.05, 0.1) is 6.61 Å². The van der Waals surface area contributed by atoms with Crippen molar-refractivity contribution in [3.8, 4) is 0 Å². The topological polar surface area (TPSA) is 43.4 Å². The van der Waals surface area contributed by atoms with Crippen molar-refractivity contribution in [2.45, 2.75) is 58.3 Å². The van der Waals surface area contributed by atoms with Gasteiger partial charge in [-0.25, -0.2) is 0 Å². The molecule has 0 atom stereocenters. The number of ketones is 1. The van der Waals surface area contributed by atoms with E-state index in [1.807, 2.05) is 0 Å². The number of Topliss-reactive ketones (excluding diaryl/α,β-unsaturated/α-hetero) is 1. The minimum absolute atomic E-state index is 0.0374. The van der Waals surface area contributed by atoms with Crippen LogP contribution in [-0.4, -0.2) is 18.4 Å². The van der Waals surface area contributed by atoms with Gasteiger partial charge in [0.25, 0.3) is 0 Å². The lowest BCUT2D eigenvalue weighted by molar-refractivity contribution is -0.145. The standard InChI is InChI=1S/C13H22O3/c1-2-16-13(15)10-12(14)9-11-7-5-3-4-6-8-11/h11H,2-10H2,1H3. The van der Waals surface area contributed by atoms with Crippen LogP contribution >= 0.6 is 0 Å². The normalized spacial score (nSPS) is 17.8. The van der Waals surface area contributed by atoms with Crippen molar-refractivity contribution in [1.29, 1.82) is 0 Å². The van der Waals surface area contributed by atoms with Crippen LogP contribution in [0.5, 0.6) is 0 Å². The van der Waals surface area contributed by atoms with Gasteiger partial charge in [-0.3, -0.25) is 9.59 Å². The molecule has 0 aliphatic heterocycles. The Bertz CT molecular complexity index is 227. The second-order valence-corrected chi connectivity index (χ2v) is 4.58. The van der Waals surface area contributed by atoms with Gasteiger partial charge >= 0.3 is 5.97 Å². The smallest absolute Gasteiger partial charge is 0.313 e. The lowest BCUT2D eigenvalue weighted by Crippen LogP contribution is -2.14. The zero-order valence-electron chi connectivity index (χ0n) is 10.2. The predicted molar refractivity (Wildman–Crippen MR) is 62.1 cm³/mol. The van der Waals surface area contributed by atoms with Crippen LogP contribution in [0.25, 0.3) is 0 Å². The van der Waals surface area contributed by atoms with Crippen LogP contribution in [0, 0.1) is 5.92 Å². The van der Waals surface area contributed by atoms with Gasteiger partial charge in [-0.1, -0.05) is 38.5 Å². The van der Waals surface area contributed by atoms with E-state index < -0.39 is 0 Å². The van der Waals surface area contributed by atoms with Crippen LogP contribution in [0.2, 0.25) is 0 Å². The zero-order chi connectivity index (χ0) is 11.8. The molecule has 0 bridgehead atoms. The summed E-state index contributed by atoms with van der Waals surface area (Å²) in [6.07, 6.45) is 7.88. The molecular formula is C13H22O3. The molecule has 0 amide bonds. The quantitative estimate of drug-likeness (QED) is 0.411. The first-order valence-electron chi connectivity index (χ1n) is 6.39. The summed E-state index contributed by atoms with van der Waals surface area (Å²) >= 11 is 0. The molecule has 1 rings (SSSR count). The summed E-state index contributed by atoms with van der Waals surface area (Å²) in [5.41, 5.74) is 0. The highest BCUT2D eigenvalue weighted by molar-refractivity contribution is 5.95. The van der Waals surface area contributed by atoms with Crippen molar-refractivity contribution >= 4 is 11.8 Å². The molecule has 0 unspecified atom stereocenters. The third kappa shape index (κ3) is 5.29. The van der Waals surface area contributed by atoms with Crippen molar-refractivity contribution in [3.63, 3.8) is 0 Å². The van der Waals surface area contributed by atoms with Gasteiger partial charge in [0.15, 0.2) is 0 Å². The Labute approximate surface area is 97.5 Å². The number of carbonyl (C=O) groups excluding carboxylic acids is 2. The molecule has 0 spiro atoms. The molecule has 1 aliphatic carbocycles. The van der Waals surface area contributed by atoms with E-state index in [1.54, 1.807) is 6.92 Å². The van der Waals surface area contributed by atoms with Gasteiger partial charge < -0.3 is 4.74 Å². The van der Waals surface area contributed by atoms with Gasteiger partial charge in [0.1, 0.15) is 12.2 Å². The lowest BCUT2D eigenvalue weighted by Gasteiger charge is -2.12. The van der Waals surface area contributed by atoms with Crippen molar-refractivity contribution in [2.24, 2.45) is 5.92 Å². The number of rotatable bonds is 5. The molecule has 0 radical (unpaired) electrons. The molecule has 0 N–H and O–H groups in total. The highest BCUT2D eigenvalue weighted by atomic mass is 16.5. The van der Waals surface area contributed by atoms with Gasteiger partial charge in [-0.05, 0) is 12.8 Å². The van der Waals surface area contributed by atoms with E-state index in [2.05, 4.69) is 0 Å². The second-order valence-electron chi connectivity index (χ2n) is 4.58. The summed E-state index contributed by atoms with van der Waals surface area (Å²) in [7, 11) is 0. The van der Waals surface area contributed by atoms with Crippen LogP contribution < -0.4 is 0 Å². The summed E-state index contributed by atoms with van der Waals surface area (Å²) in [6.45, 7) is 2.11. The number of ether oxygens (including phenoxy) is 1. The molecule has 1 saturated carbocycles. The summed E-state index contributed by atoms with van der Waals surface area (Å²) in [6, 6.07) is 0. The van der Waals surface area contributed by atoms with Crippen LogP contribution in [0.3, 0.4) is 0 Å². The van der Waals surface area contributed by atoms with Crippen LogP contribution in [0.1, 0.15) is 58.3 Å². The molecule has 16 heavy (non-hydrogen) atoms. The molecule has 3 heteroatoms. The minimum Gasteiger partial charge on any atom is -0.466 e. The highest BCUT2D eigenvalue weighted by Gasteiger charge is 2.18. The zero-order valence-corrected chi connectivity index (χ0v) is 10.2. The first kappa shape index (κ1) is 13.2. The molecule has 1 fully saturated rings. The molecule has 1 aliphatic rings. The van der Waals surface area contributed by atoms with E-state index in [0.29, 0.717) is 18.9 Å². The average Bonchev–Trinajstić information content (AvgIpc) is 2.46. The number of hydrogen-bond donors (Lipinski definition) is 0. The van der Waals surface area contributed by atoms with Crippen LogP contribution in [0.15, 0.2) is 0 Å². The Morgan fingerprint density at radius 1 is 1.12 bits per heavy atom. The maximum atomic E-state index is 11.6. The van der Waals surface area contributed by atoms with Gasteiger partial charge in [-0.15, -0.1) is 0 Å². The number of esters is 1. The maximum Gasteiger partial charge on any atom is 0.313 e. The van der Waals surface area contributed by atoms with E-state index in [0.717, 1.165) is 12.8 Å². The number of carbonyl (C=O) groups is 2. The molecule has 0 heterocycles. The molecular weight excluding hydrogens is 204 g/mol. The Morgan fingerprint density at radius 2 is 1.75 bits per heavy atom. The van der Waals surface area contributed by atoms with E-state index in [1.165, 1.54) is 25.7 Å². The molecule has 0 saturated heterocycles. The van der Waals surface area contributed by atoms with Crippen molar-refractivity contribution in [2.75, 3.05) is 6.61 Å². The van der Waals surface area contributed by atoms with Gasteiger partial charge in [0.2, 0.25) is 0 Å². The Morgan fingerprint density at radius 3 is 2.31 bits per heavy atom. The monoisotopic (exact) mass is 226 g/mol. The molecule has 0 aromatic heterocycles. The average molecular weight is 226 g/mol. The third-order valence-electron chi connectivity index (χ3n) is 3.14. The second kappa shape index (κ2) is 7.42. The van der Waals surface area contributed by atoms with Gasteiger partial charge in [0, 0.05) is 6.42 Å². The van der Waals surface area contributed by atoms with E-state index in [4.69, 9.17) is 4.74 Å². The van der Waals surface area contributed by atoms with Crippen LogP contribution in [0.4, 0.5) is 0 Å². The van der Waals surface area contributed by atoms with Crippen LogP contribution in [-0.2, 0) is 14.3 Å². The molecule has 0 aromatic rings. The van der Waals surface area contributed by atoms with Crippen molar-refractivity contribution in [3.05, 3.63) is 0 Å². The Kier molecular flexibility index (Phi) is 6.12. The molecule has 92 valence electrons. The SMILES string of the molecule is CCOC(=O)CC(=O)CC1CCCCCC1. The first-order valence-corrected chi connectivity index (χ1v) is 6.39. The Balaban J connectivity index is 2.24. The molecule has 0 aromatic carbocycles. The summed E-state index contributed by atoms with van der Waals surface area (Å²) in [5.74, 6) is 0.177. The third-order valence-corrected chi connectivity index (χ3v) is 3.14. The van der Waals surface area contributed by atoms with Crippen molar-refractivity contribution < 1.29 is 14.3 Å². The predicted octanol–water partition coefficient (Wildman–Crippen LogP) is 2.87. The fraction of sp³-hybridized carbons (Fsp3) is 0.846. The van der Waals surface area contributed by atoms with E-state index >= 15 is 0 Å². The fourth-order valence-corrected chi connectivity index (χ4v) is 2.34. The van der Waals surface area contributed by atoms with Crippen molar-refractivity contribution in [1.82, 2.24) is 0 Å². The maximum absolute atomic E-state index is 11.6. The number of hydrogen-bond acceptors (Lipinski definition) is 3. The van der Waals surface area contributed by atoms with E-state index in [-0.39, 0.29) is 18.2 Å². The highest BCUT2D eigenvalue weighted by Crippen LogP contribution is 2.25. The summed E-state index contributed by atoms with van der Waals surface area (Å²) < 4.78 is 4.77. The Hall–Kier alpha value is -0.860. The largest absolute Gasteiger partial charge is 0.466 e. The summed E-state index contributed by atoms with van der Waals surface area (Å²) in [5, 5.41) is 0.